The number of hydrogen-bond acceptors (Lipinski definition) is 2. The molecule has 2 aromatic carbocycles. The Kier molecular flexibility index (Phi) is 3.89. The zero-order chi connectivity index (χ0) is 13.1. The maximum Gasteiger partial charge on any atom is 0.269 e. The molecule has 0 bridgehead atoms. The molecule has 92 valence electrons. The first-order valence-electron chi connectivity index (χ1n) is 5.24. The van der Waals surface area contributed by atoms with Gasteiger partial charge in [-0.15, -0.1) is 0 Å². The third-order valence-corrected chi connectivity index (χ3v) is 4.78. The van der Waals surface area contributed by atoms with Crippen molar-refractivity contribution in [2.24, 2.45) is 0 Å². The monoisotopic (exact) mass is 280 g/mol. The van der Waals surface area contributed by atoms with Gasteiger partial charge in [-0.1, -0.05) is 11.6 Å². The lowest BCUT2D eigenvalue weighted by Crippen LogP contribution is -2.00. The molecule has 0 N–H and O–H groups in total. The lowest BCUT2D eigenvalue weighted by Gasteiger charge is -2.02. The summed E-state index contributed by atoms with van der Waals surface area (Å²) in [6.07, 6.45) is 2.09. The van der Waals surface area contributed by atoms with Crippen molar-refractivity contribution >= 4 is 28.2 Å². The van der Waals surface area contributed by atoms with Crippen LogP contribution in [0.4, 0.5) is 5.69 Å². The van der Waals surface area contributed by atoms with E-state index in [2.05, 4.69) is 6.26 Å². The second-order valence-corrected chi connectivity index (χ2v) is 6.12. The van der Waals surface area contributed by atoms with Crippen LogP contribution in [0.5, 0.6) is 0 Å². The fraction of sp³-hybridized carbons (Fsp3) is 0.0769. The third kappa shape index (κ3) is 2.83. The molecule has 0 saturated heterocycles. The van der Waals surface area contributed by atoms with E-state index in [4.69, 9.17) is 11.6 Å². The molecule has 0 aliphatic rings. The van der Waals surface area contributed by atoms with Crippen LogP contribution in [-0.4, -0.2) is 11.2 Å². The highest BCUT2D eigenvalue weighted by atomic mass is 35.5. The molecule has 2 rings (SSSR count). The Hall–Kier alpha value is -1.52. The predicted molar refractivity (Wildman–Crippen MR) is 74.4 cm³/mol. The second-order valence-electron chi connectivity index (χ2n) is 3.72. The molecule has 0 aliphatic carbocycles. The van der Waals surface area contributed by atoms with Crippen molar-refractivity contribution in [1.82, 2.24) is 0 Å². The topological polar surface area (TPSA) is 43.1 Å². The van der Waals surface area contributed by atoms with E-state index >= 15 is 0 Å². The molecular formula is C13H11ClNO2S+. The summed E-state index contributed by atoms with van der Waals surface area (Å²) in [7, 11) is -0.108. The molecule has 0 fully saturated rings. The minimum atomic E-state index is -0.389. The quantitative estimate of drug-likeness (QED) is 0.486. The van der Waals surface area contributed by atoms with Gasteiger partial charge in [0.1, 0.15) is 6.26 Å². The van der Waals surface area contributed by atoms with Crippen LogP contribution in [0.1, 0.15) is 0 Å². The molecule has 0 aliphatic heterocycles. The summed E-state index contributed by atoms with van der Waals surface area (Å²) >= 11 is 5.85. The maximum atomic E-state index is 10.6. The van der Waals surface area contributed by atoms with Crippen LogP contribution < -0.4 is 0 Å². The van der Waals surface area contributed by atoms with Crippen LogP contribution in [0.15, 0.2) is 58.3 Å². The summed E-state index contributed by atoms with van der Waals surface area (Å²) < 4.78 is 0. The molecule has 0 aromatic heterocycles. The molecule has 1 unspecified atom stereocenters. The van der Waals surface area contributed by atoms with Crippen LogP contribution >= 0.6 is 11.6 Å². The largest absolute Gasteiger partial charge is 0.269 e. The number of hydrogen-bond donors (Lipinski definition) is 0. The lowest BCUT2D eigenvalue weighted by molar-refractivity contribution is -0.384. The smallest absolute Gasteiger partial charge is 0.258 e. The molecule has 18 heavy (non-hydrogen) atoms. The highest BCUT2D eigenvalue weighted by Gasteiger charge is 2.19. The van der Waals surface area contributed by atoms with Crippen molar-refractivity contribution < 1.29 is 4.92 Å². The van der Waals surface area contributed by atoms with Crippen molar-refractivity contribution in [1.29, 1.82) is 0 Å². The molecule has 5 heteroatoms. The predicted octanol–water partition coefficient (Wildman–Crippen LogP) is 3.91. The molecule has 0 spiro atoms. The van der Waals surface area contributed by atoms with Crippen LogP contribution in [-0.2, 0) is 10.9 Å². The van der Waals surface area contributed by atoms with Gasteiger partial charge in [0, 0.05) is 29.3 Å². The van der Waals surface area contributed by atoms with E-state index in [-0.39, 0.29) is 21.5 Å². The van der Waals surface area contributed by atoms with E-state index in [9.17, 15) is 10.1 Å². The van der Waals surface area contributed by atoms with E-state index in [1.807, 2.05) is 24.3 Å². The summed E-state index contributed by atoms with van der Waals surface area (Å²) in [6.45, 7) is 0. The first-order chi connectivity index (χ1) is 8.58. The number of nitro benzene ring substituents is 1. The molecule has 2 aromatic rings. The van der Waals surface area contributed by atoms with Gasteiger partial charge in [0.15, 0.2) is 9.79 Å². The van der Waals surface area contributed by atoms with Gasteiger partial charge in [-0.3, -0.25) is 10.1 Å². The van der Waals surface area contributed by atoms with E-state index in [0.717, 1.165) is 9.79 Å². The summed E-state index contributed by atoms with van der Waals surface area (Å²) in [6, 6.07) is 14.3. The Morgan fingerprint density at radius 3 is 1.89 bits per heavy atom. The highest BCUT2D eigenvalue weighted by Crippen LogP contribution is 2.24. The van der Waals surface area contributed by atoms with Gasteiger partial charge in [-0.2, -0.15) is 0 Å². The van der Waals surface area contributed by atoms with Gasteiger partial charge >= 0.3 is 0 Å². The van der Waals surface area contributed by atoms with Crippen molar-refractivity contribution in [2.75, 3.05) is 6.26 Å². The first-order valence-corrected chi connectivity index (χ1v) is 7.25. The van der Waals surface area contributed by atoms with Crippen LogP contribution in [0.3, 0.4) is 0 Å². The van der Waals surface area contributed by atoms with Crippen LogP contribution in [0, 0.1) is 10.1 Å². The van der Waals surface area contributed by atoms with Gasteiger partial charge in [-0.05, 0) is 24.3 Å². The van der Waals surface area contributed by atoms with E-state index < -0.39 is 0 Å². The second kappa shape index (κ2) is 5.42. The summed E-state index contributed by atoms with van der Waals surface area (Å²) in [4.78, 5) is 12.4. The molecule has 1 atom stereocenters. The van der Waals surface area contributed by atoms with Crippen LogP contribution in [0.2, 0.25) is 5.02 Å². The Morgan fingerprint density at radius 2 is 1.44 bits per heavy atom. The number of benzene rings is 2. The van der Waals surface area contributed by atoms with E-state index in [1.165, 1.54) is 12.1 Å². The zero-order valence-corrected chi connectivity index (χ0v) is 11.2. The molecule has 0 saturated carbocycles. The van der Waals surface area contributed by atoms with E-state index in [1.54, 1.807) is 12.1 Å². The molecule has 3 nitrogen and oxygen atoms in total. The maximum absolute atomic E-state index is 10.6. The van der Waals surface area contributed by atoms with E-state index in [0.29, 0.717) is 5.02 Å². The molecule has 0 heterocycles. The van der Waals surface area contributed by atoms with Crippen LogP contribution in [0.25, 0.3) is 0 Å². The third-order valence-electron chi connectivity index (χ3n) is 2.57. The standard InChI is InChI=1S/C13H11ClNO2S/c1-18(12-6-2-10(14)3-7-12)13-8-4-11(5-9-13)15(16)17/h2-9H,1H3/q+1. The summed E-state index contributed by atoms with van der Waals surface area (Å²) in [5.74, 6) is 0. The molecule has 0 radical (unpaired) electrons. The number of halogens is 1. The van der Waals surface area contributed by atoms with Crippen molar-refractivity contribution in [3.05, 3.63) is 63.7 Å². The highest BCUT2D eigenvalue weighted by molar-refractivity contribution is 7.96. The number of non-ortho nitro benzene ring substituents is 1. The van der Waals surface area contributed by atoms with Gasteiger partial charge < -0.3 is 0 Å². The SMILES string of the molecule is C[S+](c1ccc(Cl)cc1)c1ccc([N+](=O)[O-])cc1. The number of nitro groups is 1. The van der Waals surface area contributed by atoms with Gasteiger partial charge in [-0.25, -0.2) is 0 Å². The van der Waals surface area contributed by atoms with Gasteiger partial charge in [0.2, 0.25) is 0 Å². The average Bonchev–Trinajstić information content (AvgIpc) is 2.39. The normalized spacial score (nSPS) is 12.1. The Morgan fingerprint density at radius 1 is 1.00 bits per heavy atom. The fourth-order valence-corrected chi connectivity index (χ4v) is 3.03. The molecule has 0 amide bonds. The summed E-state index contributed by atoms with van der Waals surface area (Å²) in [5.41, 5.74) is 0.117. The Bertz CT molecular complexity index is 554. The first kappa shape index (κ1) is 12.9. The minimum Gasteiger partial charge on any atom is -0.258 e. The lowest BCUT2D eigenvalue weighted by atomic mass is 10.3. The van der Waals surface area contributed by atoms with Crippen molar-refractivity contribution in [3.8, 4) is 0 Å². The zero-order valence-electron chi connectivity index (χ0n) is 9.67. The van der Waals surface area contributed by atoms with Gasteiger partial charge in [0.25, 0.3) is 5.69 Å². The number of nitrogens with zero attached hydrogens (tertiary/aromatic N) is 1. The number of rotatable bonds is 3. The fourth-order valence-electron chi connectivity index (χ4n) is 1.55. The van der Waals surface area contributed by atoms with Crippen molar-refractivity contribution in [2.45, 2.75) is 9.79 Å². The molecular weight excluding hydrogens is 270 g/mol. The Balaban J connectivity index is 2.25. The average molecular weight is 281 g/mol. The van der Waals surface area contributed by atoms with Crippen molar-refractivity contribution in [3.63, 3.8) is 0 Å². The summed E-state index contributed by atoms with van der Waals surface area (Å²) in [5, 5.41) is 11.3. The Labute approximate surface area is 113 Å². The van der Waals surface area contributed by atoms with Gasteiger partial charge in [0.05, 0.1) is 15.8 Å². The minimum absolute atomic E-state index is 0.108.